The van der Waals surface area contributed by atoms with Crippen LogP contribution in [0.3, 0.4) is 0 Å². The van der Waals surface area contributed by atoms with Crippen molar-refractivity contribution in [1.29, 1.82) is 0 Å². The Morgan fingerprint density at radius 2 is 1.33 bits per heavy atom. The molecule has 0 unspecified atom stereocenters. The Morgan fingerprint density at radius 1 is 1.00 bits per heavy atom. The molecule has 0 aliphatic carbocycles. The van der Waals surface area contributed by atoms with Crippen LogP contribution in [-0.2, 0) is 34.7 Å². The van der Waals surface area contributed by atoms with E-state index in [4.69, 9.17) is 18.8 Å². The zero-order valence-corrected chi connectivity index (χ0v) is 9.85. The van der Waals surface area contributed by atoms with E-state index in [1.807, 2.05) is 0 Å². The van der Waals surface area contributed by atoms with Gasteiger partial charge in [0.1, 0.15) is 0 Å². The van der Waals surface area contributed by atoms with Crippen LogP contribution < -0.4 is 0 Å². The molecule has 0 spiro atoms. The summed E-state index contributed by atoms with van der Waals surface area (Å²) in [7, 11) is 10.5. The summed E-state index contributed by atoms with van der Waals surface area (Å²) in [6.45, 7) is 0. The molecule has 2 nitrogen and oxygen atoms in total. The Kier molecular flexibility index (Phi) is 8.26. The second-order valence-corrected chi connectivity index (χ2v) is 4.73. The Balaban J connectivity index is 3.07. The van der Waals surface area contributed by atoms with Gasteiger partial charge < -0.3 is 0 Å². The second kappa shape index (κ2) is 6.56. The van der Waals surface area contributed by atoms with Gasteiger partial charge in [0.15, 0.2) is 0 Å². The van der Waals surface area contributed by atoms with Crippen molar-refractivity contribution in [2.75, 3.05) is 0 Å². The summed E-state index contributed by atoms with van der Waals surface area (Å²) < 4.78 is 7.18. The van der Waals surface area contributed by atoms with E-state index in [0.717, 1.165) is 0 Å². The molecule has 6 heteroatoms. The first-order valence-corrected chi connectivity index (χ1v) is 10.8. The third-order valence-electron chi connectivity index (χ3n) is 0.0951. The molecule has 0 atom stereocenters. The van der Waals surface area contributed by atoms with Gasteiger partial charge in [-0.3, -0.25) is 0 Å². The number of hydrogen-bond donors (Lipinski definition) is 0. The SMILES string of the molecule is [Cl][W]=[N][N]=[W][Cl]. The Labute approximate surface area is 60.2 Å². The standard InChI is InChI=1S/2ClH.N2.2W/c;;1-2;;/h2*1H;;;/q;;;2*+1/p-2. The third-order valence-corrected chi connectivity index (χ3v) is 3.75. The van der Waals surface area contributed by atoms with Crippen LogP contribution in [-0.4, -0.2) is 0 Å². The van der Waals surface area contributed by atoms with E-state index >= 15 is 0 Å². The molecule has 0 aliphatic heterocycles. The molecular weight excluding hydrogens is 467 g/mol. The summed E-state index contributed by atoms with van der Waals surface area (Å²) in [6, 6.07) is 0. The van der Waals surface area contributed by atoms with E-state index in [-0.39, 0.29) is 0 Å². The van der Waals surface area contributed by atoms with Gasteiger partial charge in [0.2, 0.25) is 0 Å². The van der Waals surface area contributed by atoms with Crippen LogP contribution in [0.2, 0.25) is 0 Å². The maximum absolute atomic E-state index is 5.25. The predicted octanol–water partition coefficient (Wildman–Crippen LogP) is 1.74. The number of hydrogen-bond acceptors (Lipinski definition) is 2. The van der Waals surface area contributed by atoms with Gasteiger partial charge in [-0.1, -0.05) is 0 Å². The molecule has 0 aromatic heterocycles. The van der Waals surface area contributed by atoms with Crippen molar-refractivity contribution in [3.8, 4) is 0 Å². The zero-order valence-electron chi connectivity index (χ0n) is 2.47. The normalized spacial score (nSPS) is 11.7. The fraction of sp³-hybridized carbons (Fsp3) is 0. The van der Waals surface area contributed by atoms with E-state index in [0.29, 0.717) is 0 Å². The first-order valence-electron chi connectivity index (χ1n) is 0.874. The monoisotopic (exact) mass is 466 g/mol. The van der Waals surface area contributed by atoms with Crippen LogP contribution in [0.4, 0.5) is 0 Å². The molecule has 0 amide bonds. The van der Waals surface area contributed by atoms with E-state index in [2.05, 4.69) is 7.21 Å². The number of halogens is 2. The Morgan fingerprint density at radius 3 is 1.50 bits per heavy atom. The van der Waals surface area contributed by atoms with Crippen molar-refractivity contribution >= 4 is 18.8 Å². The Bertz CT molecular complexity index is 57.9. The molecule has 0 aromatic rings. The van der Waals surface area contributed by atoms with Crippen molar-refractivity contribution in [2.24, 2.45) is 7.21 Å². The predicted molar refractivity (Wildman–Crippen MR) is 16.6 cm³/mol. The van der Waals surface area contributed by atoms with Crippen LogP contribution in [0.1, 0.15) is 0 Å². The molecule has 0 aromatic carbocycles. The van der Waals surface area contributed by atoms with Crippen molar-refractivity contribution < 1.29 is 34.7 Å². The van der Waals surface area contributed by atoms with E-state index < -0.39 is 34.7 Å². The second-order valence-electron chi connectivity index (χ2n) is 0.301. The molecule has 0 fully saturated rings. The molecule has 0 rings (SSSR count). The van der Waals surface area contributed by atoms with Gasteiger partial charge >= 0.3 is 60.7 Å². The minimum atomic E-state index is -0.900. The van der Waals surface area contributed by atoms with Crippen LogP contribution in [0, 0.1) is 0 Å². The minimum absolute atomic E-state index is 0.900. The van der Waals surface area contributed by atoms with Gasteiger partial charge in [-0.05, 0) is 0 Å². The molecule has 36 valence electrons. The molecule has 0 aliphatic rings. The van der Waals surface area contributed by atoms with E-state index in [1.54, 1.807) is 0 Å². The summed E-state index contributed by atoms with van der Waals surface area (Å²) in [5, 5.41) is 0. The topological polar surface area (TPSA) is 24.7 Å². The quantitative estimate of drug-likeness (QED) is 0.526. The molecule has 0 heterocycles. The third kappa shape index (κ3) is 5.56. The van der Waals surface area contributed by atoms with Crippen molar-refractivity contribution in [3.63, 3.8) is 0 Å². The van der Waals surface area contributed by atoms with E-state index in [9.17, 15) is 0 Å². The average molecular weight is 467 g/mol. The maximum atomic E-state index is 5.25. The van der Waals surface area contributed by atoms with Gasteiger partial charge in [-0.25, -0.2) is 0 Å². The summed E-state index contributed by atoms with van der Waals surface area (Å²) in [5.41, 5.74) is 0. The average Bonchev–Trinajstić information content (AvgIpc) is 1.61. The first kappa shape index (κ1) is 7.56. The van der Waals surface area contributed by atoms with Crippen molar-refractivity contribution in [3.05, 3.63) is 0 Å². The van der Waals surface area contributed by atoms with Crippen LogP contribution >= 0.6 is 18.8 Å². The van der Waals surface area contributed by atoms with Crippen LogP contribution in [0.15, 0.2) is 7.21 Å². The fourth-order valence-electron chi connectivity index (χ4n) is 0.0252. The van der Waals surface area contributed by atoms with Gasteiger partial charge in [0.25, 0.3) is 0 Å². The molecule has 6 heavy (non-hydrogen) atoms. The number of rotatable bonds is 1. The number of nitrogens with zero attached hydrogens (tertiary/aromatic N) is 2. The molecule has 0 N–H and O–H groups in total. The van der Waals surface area contributed by atoms with Crippen LogP contribution in [0.5, 0.6) is 0 Å². The van der Waals surface area contributed by atoms with Crippen molar-refractivity contribution in [2.45, 2.75) is 0 Å². The van der Waals surface area contributed by atoms with Crippen molar-refractivity contribution in [1.82, 2.24) is 0 Å². The summed E-state index contributed by atoms with van der Waals surface area (Å²) in [6.07, 6.45) is 0. The summed E-state index contributed by atoms with van der Waals surface area (Å²) in [4.78, 5) is 0. The van der Waals surface area contributed by atoms with Gasteiger partial charge in [-0.15, -0.1) is 0 Å². The van der Waals surface area contributed by atoms with E-state index in [1.165, 1.54) is 0 Å². The molecule has 0 bridgehead atoms. The van der Waals surface area contributed by atoms with Gasteiger partial charge in [0, 0.05) is 0 Å². The first-order chi connectivity index (χ1) is 2.91. The molecule has 0 radical (unpaired) electrons. The Hall–Kier alpha value is 1.56. The summed E-state index contributed by atoms with van der Waals surface area (Å²) >= 11 is -1.80. The van der Waals surface area contributed by atoms with Gasteiger partial charge in [0.05, 0.1) is 0 Å². The van der Waals surface area contributed by atoms with Gasteiger partial charge in [-0.2, -0.15) is 0 Å². The molecule has 0 saturated carbocycles. The zero-order chi connectivity index (χ0) is 4.83. The summed E-state index contributed by atoms with van der Waals surface area (Å²) in [5.74, 6) is 0. The fourth-order valence-corrected chi connectivity index (χ4v) is 5.06. The van der Waals surface area contributed by atoms with Crippen LogP contribution in [0.25, 0.3) is 0 Å². The molecular formula is Cl2N2W2. The molecule has 0 saturated heterocycles.